The van der Waals surface area contributed by atoms with Crippen molar-refractivity contribution in [1.82, 2.24) is 24.8 Å². The molecule has 1 aliphatic rings. The van der Waals surface area contributed by atoms with Gasteiger partial charge in [0.25, 0.3) is 5.91 Å². The number of ether oxygens (including phenoxy) is 2. The molecule has 1 saturated carbocycles. The molecule has 0 spiro atoms. The SMILES string of the molecule is CCOc1ncnc(Cn2cc(C(=O)NCC3(O)CC3)c3ncc(OC)cc32)c1C. The summed E-state index contributed by atoms with van der Waals surface area (Å²) in [4.78, 5) is 25.8. The van der Waals surface area contributed by atoms with Crippen LogP contribution in [0.5, 0.6) is 11.6 Å². The van der Waals surface area contributed by atoms with Crippen molar-refractivity contribution in [2.75, 3.05) is 20.3 Å². The van der Waals surface area contributed by atoms with Crippen molar-refractivity contribution in [1.29, 1.82) is 0 Å². The fourth-order valence-corrected chi connectivity index (χ4v) is 3.29. The van der Waals surface area contributed by atoms with Gasteiger partial charge in [0.15, 0.2) is 0 Å². The number of amides is 1. The molecule has 1 fully saturated rings. The summed E-state index contributed by atoms with van der Waals surface area (Å²) in [6.45, 7) is 4.98. The third-order valence-corrected chi connectivity index (χ3v) is 5.32. The molecule has 0 radical (unpaired) electrons. The molecule has 1 amide bonds. The second-order valence-corrected chi connectivity index (χ2v) is 7.50. The van der Waals surface area contributed by atoms with Gasteiger partial charge < -0.3 is 24.5 Å². The fraction of sp³-hybridized carbons (Fsp3) is 0.429. The Hall–Kier alpha value is -3.20. The number of nitrogens with one attached hydrogen (secondary N) is 1. The van der Waals surface area contributed by atoms with E-state index < -0.39 is 5.60 Å². The van der Waals surface area contributed by atoms with Gasteiger partial charge in [-0.2, -0.15) is 0 Å². The van der Waals surface area contributed by atoms with Gasteiger partial charge in [-0.3, -0.25) is 4.79 Å². The summed E-state index contributed by atoms with van der Waals surface area (Å²) in [5.41, 5.74) is 2.62. The second-order valence-electron chi connectivity index (χ2n) is 7.50. The molecule has 2 N–H and O–H groups in total. The van der Waals surface area contributed by atoms with Crippen LogP contribution >= 0.6 is 0 Å². The summed E-state index contributed by atoms with van der Waals surface area (Å²) in [5, 5.41) is 12.8. The number of pyridine rings is 1. The molecule has 9 heteroatoms. The first-order valence-corrected chi connectivity index (χ1v) is 9.91. The molecule has 30 heavy (non-hydrogen) atoms. The zero-order chi connectivity index (χ0) is 21.3. The summed E-state index contributed by atoms with van der Waals surface area (Å²) >= 11 is 0. The maximum atomic E-state index is 12.8. The highest BCUT2D eigenvalue weighted by molar-refractivity contribution is 6.05. The number of rotatable bonds is 8. The molecule has 0 unspecified atom stereocenters. The molecule has 3 aromatic heterocycles. The van der Waals surface area contributed by atoms with Crippen LogP contribution < -0.4 is 14.8 Å². The van der Waals surface area contributed by atoms with Crippen LogP contribution in [-0.4, -0.2) is 56.4 Å². The molecule has 4 rings (SSSR count). The van der Waals surface area contributed by atoms with Crippen LogP contribution in [0.2, 0.25) is 0 Å². The molecule has 9 nitrogen and oxygen atoms in total. The van der Waals surface area contributed by atoms with Crippen molar-refractivity contribution in [3.05, 3.63) is 41.6 Å². The van der Waals surface area contributed by atoms with Gasteiger partial charge in [-0.25, -0.2) is 15.0 Å². The highest BCUT2D eigenvalue weighted by atomic mass is 16.5. The quantitative estimate of drug-likeness (QED) is 0.582. The molecule has 0 atom stereocenters. The van der Waals surface area contributed by atoms with Crippen LogP contribution in [0.4, 0.5) is 0 Å². The number of hydrogen-bond acceptors (Lipinski definition) is 7. The van der Waals surface area contributed by atoms with Crippen molar-refractivity contribution in [3.8, 4) is 11.6 Å². The van der Waals surface area contributed by atoms with Gasteiger partial charge in [0.1, 0.15) is 17.6 Å². The van der Waals surface area contributed by atoms with E-state index in [1.165, 1.54) is 6.33 Å². The van der Waals surface area contributed by atoms with E-state index >= 15 is 0 Å². The van der Waals surface area contributed by atoms with Crippen LogP contribution in [0.1, 0.15) is 41.4 Å². The Morgan fingerprint density at radius 2 is 2.13 bits per heavy atom. The maximum absolute atomic E-state index is 12.8. The standard InChI is InChI=1S/C21H25N5O4/c1-4-30-20-13(2)16(24-12-25-20)10-26-9-15(19(27)23-11-21(28)5-6-21)18-17(26)7-14(29-3)8-22-18/h7-9,12,28H,4-6,10-11H2,1-3H3,(H,23,27). The van der Waals surface area contributed by atoms with Gasteiger partial charge in [0.05, 0.1) is 48.8 Å². The van der Waals surface area contributed by atoms with E-state index in [1.54, 1.807) is 19.5 Å². The Morgan fingerprint density at radius 3 is 2.83 bits per heavy atom. The zero-order valence-corrected chi connectivity index (χ0v) is 17.3. The first kappa shape index (κ1) is 20.1. The van der Waals surface area contributed by atoms with Gasteiger partial charge in [-0.05, 0) is 26.7 Å². The van der Waals surface area contributed by atoms with Crippen molar-refractivity contribution in [3.63, 3.8) is 0 Å². The Labute approximate surface area is 174 Å². The number of aromatic nitrogens is 4. The van der Waals surface area contributed by atoms with E-state index in [9.17, 15) is 9.90 Å². The molecule has 0 saturated heterocycles. The first-order chi connectivity index (χ1) is 14.4. The summed E-state index contributed by atoms with van der Waals surface area (Å²) < 4.78 is 12.8. The van der Waals surface area contributed by atoms with Gasteiger partial charge in [0.2, 0.25) is 5.88 Å². The zero-order valence-electron chi connectivity index (χ0n) is 17.3. The van der Waals surface area contributed by atoms with Gasteiger partial charge >= 0.3 is 0 Å². The van der Waals surface area contributed by atoms with Crippen molar-refractivity contribution in [2.24, 2.45) is 0 Å². The molecule has 158 valence electrons. The third kappa shape index (κ3) is 3.93. The number of fused-ring (bicyclic) bond motifs is 1. The normalized spacial score (nSPS) is 14.5. The van der Waals surface area contributed by atoms with E-state index in [-0.39, 0.29) is 12.5 Å². The van der Waals surface area contributed by atoms with Gasteiger partial charge in [-0.15, -0.1) is 0 Å². The molecular formula is C21H25N5O4. The minimum absolute atomic E-state index is 0.234. The van der Waals surface area contributed by atoms with E-state index in [1.807, 2.05) is 24.5 Å². The van der Waals surface area contributed by atoms with Gasteiger partial charge in [-0.1, -0.05) is 0 Å². The van der Waals surface area contributed by atoms with Crippen LogP contribution in [-0.2, 0) is 6.54 Å². The fourth-order valence-electron chi connectivity index (χ4n) is 3.29. The Bertz CT molecular complexity index is 1090. The predicted octanol–water partition coefficient (Wildman–Crippen LogP) is 1.85. The second kappa shape index (κ2) is 7.91. The van der Waals surface area contributed by atoms with Crippen molar-refractivity contribution >= 4 is 16.9 Å². The lowest BCUT2D eigenvalue weighted by molar-refractivity contribution is 0.0897. The van der Waals surface area contributed by atoms with Gasteiger partial charge in [0, 0.05) is 24.4 Å². The summed E-state index contributed by atoms with van der Waals surface area (Å²) in [5.74, 6) is 0.868. The largest absolute Gasteiger partial charge is 0.495 e. The highest BCUT2D eigenvalue weighted by Gasteiger charge is 2.40. The molecule has 0 aromatic carbocycles. The van der Waals surface area contributed by atoms with Crippen LogP contribution in [0.15, 0.2) is 24.8 Å². The average molecular weight is 411 g/mol. The number of carbonyl (C=O) groups excluding carboxylic acids is 1. The molecule has 0 aliphatic heterocycles. The predicted molar refractivity (Wildman–Crippen MR) is 110 cm³/mol. The molecule has 0 bridgehead atoms. The lowest BCUT2D eigenvalue weighted by Gasteiger charge is -2.11. The maximum Gasteiger partial charge on any atom is 0.255 e. The molecule has 1 aliphatic carbocycles. The average Bonchev–Trinajstić information content (AvgIpc) is 3.38. The lowest BCUT2D eigenvalue weighted by atomic mass is 10.2. The van der Waals surface area contributed by atoms with Crippen LogP contribution in [0.25, 0.3) is 11.0 Å². The van der Waals surface area contributed by atoms with Crippen LogP contribution in [0.3, 0.4) is 0 Å². The molecule has 3 heterocycles. The molecular weight excluding hydrogens is 386 g/mol. The number of methoxy groups -OCH3 is 1. The van der Waals surface area contributed by atoms with E-state index in [0.717, 1.165) is 16.8 Å². The van der Waals surface area contributed by atoms with E-state index in [4.69, 9.17) is 9.47 Å². The number of nitrogens with zero attached hydrogens (tertiary/aromatic N) is 4. The van der Waals surface area contributed by atoms with E-state index in [2.05, 4.69) is 20.3 Å². The summed E-state index contributed by atoms with van der Waals surface area (Å²) in [7, 11) is 1.57. The summed E-state index contributed by atoms with van der Waals surface area (Å²) in [6.07, 6.45) is 6.23. The van der Waals surface area contributed by atoms with Crippen LogP contribution in [0, 0.1) is 6.92 Å². The Balaban J connectivity index is 1.70. The molecule has 3 aromatic rings. The summed E-state index contributed by atoms with van der Waals surface area (Å²) in [6, 6.07) is 1.84. The minimum Gasteiger partial charge on any atom is -0.495 e. The number of carbonyl (C=O) groups is 1. The topological polar surface area (TPSA) is 111 Å². The first-order valence-electron chi connectivity index (χ1n) is 9.91. The van der Waals surface area contributed by atoms with Crippen molar-refractivity contribution in [2.45, 2.75) is 38.8 Å². The Morgan fingerprint density at radius 1 is 1.33 bits per heavy atom. The number of aliphatic hydroxyl groups is 1. The smallest absolute Gasteiger partial charge is 0.255 e. The van der Waals surface area contributed by atoms with Crippen molar-refractivity contribution < 1.29 is 19.4 Å². The van der Waals surface area contributed by atoms with E-state index in [0.29, 0.717) is 48.7 Å². The number of hydrogen-bond donors (Lipinski definition) is 2. The monoisotopic (exact) mass is 411 g/mol. The Kier molecular flexibility index (Phi) is 5.29. The third-order valence-electron chi connectivity index (χ3n) is 5.32. The highest BCUT2D eigenvalue weighted by Crippen LogP contribution is 2.34. The lowest BCUT2D eigenvalue weighted by Crippen LogP contribution is -2.33. The minimum atomic E-state index is -0.765.